The Labute approximate surface area is 163 Å². The van der Waals surface area contributed by atoms with Gasteiger partial charge in [0.1, 0.15) is 0 Å². The number of likely N-dealkylation sites (tertiary alicyclic amines) is 1. The van der Waals surface area contributed by atoms with Gasteiger partial charge in [0.2, 0.25) is 0 Å². The zero-order chi connectivity index (χ0) is 19.6. The lowest BCUT2D eigenvalue weighted by atomic mass is 10.1. The Morgan fingerprint density at radius 2 is 1.85 bits per heavy atom. The Bertz CT molecular complexity index is 682. The molecule has 0 spiro atoms. The summed E-state index contributed by atoms with van der Waals surface area (Å²) < 4.78 is 9.89. The van der Waals surface area contributed by atoms with E-state index in [0.29, 0.717) is 37.6 Å². The maximum Gasteiger partial charge on any atom is 0.409 e. The number of nitrogens with one attached hydrogen (secondary N) is 1. The quantitative estimate of drug-likeness (QED) is 0.592. The lowest BCUT2D eigenvalue weighted by molar-refractivity contribution is -0.144. The van der Waals surface area contributed by atoms with E-state index < -0.39 is 5.97 Å². The van der Waals surface area contributed by atoms with E-state index in [4.69, 9.17) is 21.1 Å². The molecule has 0 radical (unpaired) electrons. The lowest BCUT2D eigenvalue weighted by Gasteiger charge is -2.31. The van der Waals surface area contributed by atoms with Crippen LogP contribution in [0, 0.1) is 0 Å². The number of carbonyl (C=O) groups excluding carboxylic acids is 3. The SMILES string of the molecule is CCOC(=O)N1CCC(NC(=O)COC(=O)C=Cc2ccc(Cl)cc2)CC1. The molecule has 1 aliphatic rings. The molecule has 146 valence electrons. The number of carbonyl (C=O) groups is 3. The van der Waals surface area contributed by atoms with Crippen molar-refractivity contribution in [2.75, 3.05) is 26.3 Å². The maximum absolute atomic E-state index is 11.9. The number of benzene rings is 1. The molecule has 7 nitrogen and oxygen atoms in total. The molecule has 0 aromatic heterocycles. The third-order valence-corrected chi connectivity index (χ3v) is 4.27. The van der Waals surface area contributed by atoms with Gasteiger partial charge in [0.25, 0.3) is 5.91 Å². The maximum atomic E-state index is 11.9. The van der Waals surface area contributed by atoms with Crippen molar-refractivity contribution in [1.82, 2.24) is 10.2 Å². The molecule has 0 aliphatic carbocycles. The van der Waals surface area contributed by atoms with Crippen LogP contribution in [0.2, 0.25) is 5.02 Å². The monoisotopic (exact) mass is 394 g/mol. The third kappa shape index (κ3) is 7.30. The fourth-order valence-electron chi connectivity index (χ4n) is 2.61. The molecule has 1 fully saturated rings. The van der Waals surface area contributed by atoms with Crippen molar-refractivity contribution in [1.29, 1.82) is 0 Å². The molecule has 1 heterocycles. The molecule has 0 atom stereocenters. The molecular weight excluding hydrogens is 372 g/mol. The van der Waals surface area contributed by atoms with Gasteiger partial charge in [0, 0.05) is 30.2 Å². The van der Waals surface area contributed by atoms with Crippen molar-refractivity contribution in [2.45, 2.75) is 25.8 Å². The van der Waals surface area contributed by atoms with E-state index in [1.165, 1.54) is 6.08 Å². The fraction of sp³-hybridized carbons (Fsp3) is 0.421. The Hall–Kier alpha value is -2.54. The highest BCUT2D eigenvalue weighted by molar-refractivity contribution is 6.30. The molecule has 1 saturated heterocycles. The van der Waals surface area contributed by atoms with Gasteiger partial charge >= 0.3 is 12.1 Å². The number of nitrogens with zero attached hydrogens (tertiary/aromatic N) is 1. The second kappa shape index (κ2) is 10.6. The number of esters is 1. The zero-order valence-electron chi connectivity index (χ0n) is 15.2. The molecular formula is C19H23ClN2O5. The van der Waals surface area contributed by atoms with Crippen LogP contribution in [-0.2, 0) is 19.1 Å². The number of hydrogen-bond donors (Lipinski definition) is 1. The van der Waals surface area contributed by atoms with Crippen LogP contribution in [0.1, 0.15) is 25.3 Å². The standard InChI is InChI=1S/C19H23ClN2O5/c1-2-26-19(25)22-11-9-16(10-12-22)21-17(23)13-27-18(24)8-5-14-3-6-15(20)7-4-14/h3-8,16H,2,9-13H2,1H3,(H,21,23). The van der Waals surface area contributed by atoms with E-state index in [1.54, 1.807) is 42.2 Å². The Morgan fingerprint density at radius 3 is 2.48 bits per heavy atom. The molecule has 0 saturated carbocycles. The number of ether oxygens (including phenoxy) is 2. The van der Waals surface area contributed by atoms with Crippen LogP contribution in [0.4, 0.5) is 4.79 Å². The van der Waals surface area contributed by atoms with Crippen molar-refractivity contribution < 1.29 is 23.9 Å². The van der Waals surface area contributed by atoms with Crippen LogP contribution in [0.3, 0.4) is 0 Å². The molecule has 8 heteroatoms. The van der Waals surface area contributed by atoms with Gasteiger partial charge in [-0.3, -0.25) is 4.79 Å². The summed E-state index contributed by atoms with van der Waals surface area (Å²) in [4.78, 5) is 36.8. The van der Waals surface area contributed by atoms with Crippen molar-refractivity contribution in [3.8, 4) is 0 Å². The normalized spacial score (nSPS) is 14.8. The average Bonchev–Trinajstić information content (AvgIpc) is 2.66. The highest BCUT2D eigenvalue weighted by Gasteiger charge is 2.24. The highest BCUT2D eigenvalue weighted by atomic mass is 35.5. The number of piperidine rings is 1. The first-order chi connectivity index (χ1) is 13.0. The van der Waals surface area contributed by atoms with Crippen LogP contribution in [0.15, 0.2) is 30.3 Å². The van der Waals surface area contributed by atoms with Gasteiger partial charge in [0.05, 0.1) is 6.61 Å². The molecule has 1 aromatic rings. The van der Waals surface area contributed by atoms with Gasteiger partial charge in [-0.1, -0.05) is 23.7 Å². The lowest BCUT2D eigenvalue weighted by Crippen LogP contribution is -2.47. The van der Waals surface area contributed by atoms with E-state index in [-0.39, 0.29) is 24.6 Å². The second-order valence-corrected chi connectivity index (χ2v) is 6.46. The molecule has 2 rings (SSSR count). The fourth-order valence-corrected chi connectivity index (χ4v) is 2.74. The minimum atomic E-state index is -0.600. The topological polar surface area (TPSA) is 84.9 Å². The van der Waals surface area contributed by atoms with E-state index in [9.17, 15) is 14.4 Å². The largest absolute Gasteiger partial charge is 0.452 e. The molecule has 0 unspecified atom stereocenters. The van der Waals surface area contributed by atoms with E-state index in [0.717, 1.165) is 5.56 Å². The summed E-state index contributed by atoms with van der Waals surface area (Å²) in [6.07, 6.45) is 3.78. The van der Waals surface area contributed by atoms with Gasteiger partial charge in [-0.25, -0.2) is 9.59 Å². The van der Waals surface area contributed by atoms with Crippen LogP contribution in [-0.4, -0.2) is 55.2 Å². The third-order valence-electron chi connectivity index (χ3n) is 4.01. The summed E-state index contributed by atoms with van der Waals surface area (Å²) in [6, 6.07) is 6.91. The Kier molecular flexibility index (Phi) is 8.13. The molecule has 1 aromatic carbocycles. The number of amides is 2. The predicted octanol–water partition coefficient (Wildman–Crippen LogP) is 2.63. The molecule has 1 N–H and O–H groups in total. The van der Waals surface area contributed by atoms with Crippen LogP contribution in [0.25, 0.3) is 6.08 Å². The van der Waals surface area contributed by atoms with Crippen molar-refractivity contribution in [3.63, 3.8) is 0 Å². The zero-order valence-corrected chi connectivity index (χ0v) is 15.9. The summed E-state index contributed by atoms with van der Waals surface area (Å²) in [5.41, 5.74) is 0.800. The number of halogens is 1. The highest BCUT2D eigenvalue weighted by Crippen LogP contribution is 2.12. The smallest absolute Gasteiger partial charge is 0.409 e. The Balaban J connectivity index is 1.66. The molecule has 2 amide bonds. The van der Waals surface area contributed by atoms with Gasteiger partial charge in [-0.05, 0) is 43.5 Å². The summed E-state index contributed by atoms with van der Waals surface area (Å²) in [7, 11) is 0. The molecule has 1 aliphatic heterocycles. The molecule has 27 heavy (non-hydrogen) atoms. The molecule has 0 bridgehead atoms. The summed E-state index contributed by atoms with van der Waals surface area (Å²) in [5.74, 6) is -0.963. The van der Waals surface area contributed by atoms with Gasteiger partial charge < -0.3 is 19.7 Å². The second-order valence-electron chi connectivity index (χ2n) is 6.02. The number of hydrogen-bond acceptors (Lipinski definition) is 5. The van der Waals surface area contributed by atoms with Crippen molar-refractivity contribution in [3.05, 3.63) is 40.9 Å². The minimum Gasteiger partial charge on any atom is -0.452 e. The van der Waals surface area contributed by atoms with Crippen molar-refractivity contribution >= 4 is 35.6 Å². The summed E-state index contributed by atoms with van der Waals surface area (Å²) in [5, 5.41) is 3.42. The van der Waals surface area contributed by atoms with E-state index >= 15 is 0 Å². The van der Waals surface area contributed by atoms with Gasteiger partial charge in [-0.2, -0.15) is 0 Å². The van der Waals surface area contributed by atoms with Crippen LogP contribution < -0.4 is 5.32 Å². The average molecular weight is 395 g/mol. The van der Waals surface area contributed by atoms with Gasteiger partial charge in [0.15, 0.2) is 6.61 Å². The van der Waals surface area contributed by atoms with Crippen molar-refractivity contribution in [2.24, 2.45) is 0 Å². The Morgan fingerprint density at radius 1 is 1.19 bits per heavy atom. The van der Waals surface area contributed by atoms with Crippen LogP contribution >= 0.6 is 11.6 Å². The van der Waals surface area contributed by atoms with Gasteiger partial charge in [-0.15, -0.1) is 0 Å². The summed E-state index contributed by atoms with van der Waals surface area (Å²) >= 11 is 5.79. The predicted molar refractivity (Wildman–Crippen MR) is 101 cm³/mol. The first kappa shape index (κ1) is 20.8. The number of rotatable bonds is 6. The van der Waals surface area contributed by atoms with Crippen LogP contribution in [0.5, 0.6) is 0 Å². The van der Waals surface area contributed by atoms with E-state index in [1.807, 2.05) is 0 Å². The first-order valence-corrected chi connectivity index (χ1v) is 9.17. The van der Waals surface area contributed by atoms with E-state index in [2.05, 4.69) is 5.32 Å². The summed E-state index contributed by atoms with van der Waals surface area (Å²) in [6.45, 7) is 2.80. The minimum absolute atomic E-state index is 0.0495. The first-order valence-electron chi connectivity index (χ1n) is 8.79.